The molecule has 2 heterocycles. The summed E-state index contributed by atoms with van der Waals surface area (Å²) in [5.41, 5.74) is 0. The van der Waals surface area contributed by atoms with Crippen molar-refractivity contribution >= 4 is 11.9 Å². The van der Waals surface area contributed by atoms with Gasteiger partial charge in [-0.25, -0.2) is 0 Å². The lowest BCUT2D eigenvalue weighted by Gasteiger charge is -2.31. The van der Waals surface area contributed by atoms with E-state index in [0.717, 1.165) is 26.2 Å². The van der Waals surface area contributed by atoms with Gasteiger partial charge in [-0.05, 0) is 12.2 Å². The Kier molecular flexibility index (Phi) is 3.58. The lowest BCUT2D eigenvalue weighted by molar-refractivity contribution is -0.137. The fraction of sp³-hybridized carbons (Fsp3) is 0.700. The Labute approximate surface area is 99.0 Å². The topological polar surface area (TPSA) is 82.7 Å². The smallest absolute Gasteiger partial charge is 0.303 e. The first-order chi connectivity index (χ1) is 8.15. The molecule has 94 valence electrons. The van der Waals surface area contributed by atoms with Gasteiger partial charge in [0.1, 0.15) is 0 Å². The van der Waals surface area contributed by atoms with Gasteiger partial charge < -0.3 is 19.4 Å². The molecule has 2 rings (SSSR count). The minimum atomic E-state index is -0.857. The maximum Gasteiger partial charge on any atom is 0.303 e. The van der Waals surface area contributed by atoms with Gasteiger partial charge in [0.25, 0.3) is 5.95 Å². The molecule has 1 saturated heterocycles. The third-order valence-electron chi connectivity index (χ3n) is 2.80. The first-order valence-corrected chi connectivity index (χ1v) is 5.63. The van der Waals surface area contributed by atoms with Crippen molar-refractivity contribution in [1.29, 1.82) is 0 Å². The van der Waals surface area contributed by atoms with Crippen molar-refractivity contribution < 1.29 is 14.4 Å². The number of hydrogen-bond acceptors (Lipinski definition) is 6. The van der Waals surface area contributed by atoms with Crippen LogP contribution in [0.4, 0.5) is 5.95 Å². The lowest BCUT2D eigenvalue weighted by atomic mass is 10.3. The molecule has 0 radical (unpaired) electrons. The summed E-state index contributed by atoms with van der Waals surface area (Å²) in [6.07, 6.45) is 0.306. The Bertz CT molecular complexity index is 385. The van der Waals surface area contributed by atoms with Gasteiger partial charge in [-0.15, -0.1) is 0 Å². The summed E-state index contributed by atoms with van der Waals surface area (Å²) in [4.78, 5) is 18.9. The van der Waals surface area contributed by atoms with Crippen molar-refractivity contribution in [1.82, 2.24) is 15.0 Å². The number of likely N-dealkylation sites (N-methyl/N-ethyl adjacent to an activating group) is 1. The van der Waals surface area contributed by atoms with Gasteiger partial charge in [0, 0.05) is 32.6 Å². The molecule has 1 aromatic heterocycles. The van der Waals surface area contributed by atoms with Crippen LogP contribution in [-0.2, 0) is 11.2 Å². The highest BCUT2D eigenvalue weighted by Gasteiger charge is 2.19. The van der Waals surface area contributed by atoms with E-state index in [9.17, 15) is 4.79 Å². The van der Waals surface area contributed by atoms with Crippen LogP contribution in [0.3, 0.4) is 0 Å². The van der Waals surface area contributed by atoms with Gasteiger partial charge >= 0.3 is 5.97 Å². The van der Waals surface area contributed by atoms with Crippen molar-refractivity contribution in [3.05, 3.63) is 5.89 Å². The average molecular weight is 240 g/mol. The standard InChI is InChI=1S/C10H16N4O3/c1-13-4-6-14(7-5-13)10-11-8(17-12-10)2-3-9(15)16/h2-7H2,1H3,(H,15,16). The molecule has 1 N–H and O–H groups in total. The second-order valence-electron chi connectivity index (χ2n) is 4.17. The highest BCUT2D eigenvalue weighted by molar-refractivity contribution is 5.66. The van der Waals surface area contributed by atoms with Crippen LogP contribution in [0.25, 0.3) is 0 Å². The summed E-state index contributed by atoms with van der Waals surface area (Å²) in [6, 6.07) is 0. The minimum Gasteiger partial charge on any atom is -0.481 e. The fourth-order valence-electron chi connectivity index (χ4n) is 1.70. The zero-order valence-electron chi connectivity index (χ0n) is 9.80. The highest BCUT2D eigenvalue weighted by atomic mass is 16.5. The molecule has 0 aromatic carbocycles. The normalized spacial score (nSPS) is 17.4. The van der Waals surface area contributed by atoms with Crippen molar-refractivity contribution in [3.63, 3.8) is 0 Å². The van der Waals surface area contributed by atoms with E-state index in [1.165, 1.54) is 0 Å². The van der Waals surface area contributed by atoms with E-state index < -0.39 is 5.97 Å². The first-order valence-electron chi connectivity index (χ1n) is 5.63. The maximum atomic E-state index is 10.4. The molecular weight excluding hydrogens is 224 g/mol. The molecule has 1 aliphatic heterocycles. The number of anilines is 1. The van der Waals surface area contributed by atoms with Crippen LogP contribution >= 0.6 is 0 Å². The molecule has 7 heteroatoms. The second kappa shape index (κ2) is 5.13. The molecule has 0 unspecified atom stereocenters. The zero-order valence-corrected chi connectivity index (χ0v) is 9.80. The number of rotatable bonds is 4. The molecule has 0 aliphatic carbocycles. The van der Waals surface area contributed by atoms with Gasteiger partial charge in [-0.2, -0.15) is 4.98 Å². The van der Waals surface area contributed by atoms with Crippen LogP contribution in [-0.4, -0.2) is 59.3 Å². The van der Waals surface area contributed by atoms with Crippen molar-refractivity contribution in [2.45, 2.75) is 12.8 Å². The summed E-state index contributed by atoms with van der Waals surface area (Å²) in [6.45, 7) is 3.68. The van der Waals surface area contributed by atoms with Crippen LogP contribution in [0.2, 0.25) is 0 Å². The molecule has 17 heavy (non-hydrogen) atoms. The van der Waals surface area contributed by atoms with Crippen LogP contribution in [0.5, 0.6) is 0 Å². The van der Waals surface area contributed by atoms with Gasteiger partial charge in [0.15, 0.2) is 0 Å². The van der Waals surface area contributed by atoms with Gasteiger partial charge in [0.05, 0.1) is 6.42 Å². The monoisotopic (exact) mass is 240 g/mol. The third kappa shape index (κ3) is 3.16. The van der Waals surface area contributed by atoms with E-state index >= 15 is 0 Å². The summed E-state index contributed by atoms with van der Waals surface area (Å²) in [7, 11) is 2.08. The molecule has 0 spiro atoms. The number of aliphatic carboxylic acids is 1. The Hall–Kier alpha value is -1.63. The fourth-order valence-corrected chi connectivity index (χ4v) is 1.70. The molecule has 0 saturated carbocycles. The van der Waals surface area contributed by atoms with Crippen LogP contribution < -0.4 is 4.90 Å². The Morgan fingerprint density at radius 2 is 2.12 bits per heavy atom. The lowest BCUT2D eigenvalue weighted by Crippen LogP contribution is -2.44. The van der Waals surface area contributed by atoms with E-state index in [1.54, 1.807) is 0 Å². The average Bonchev–Trinajstić information content (AvgIpc) is 2.76. The molecule has 1 aliphatic rings. The predicted octanol–water partition coefficient (Wildman–Crippen LogP) is -0.161. The summed E-state index contributed by atoms with van der Waals surface area (Å²) >= 11 is 0. The molecule has 7 nitrogen and oxygen atoms in total. The van der Waals surface area contributed by atoms with E-state index in [4.69, 9.17) is 9.63 Å². The van der Waals surface area contributed by atoms with Crippen LogP contribution in [0.15, 0.2) is 4.52 Å². The quantitative estimate of drug-likeness (QED) is 0.782. The number of piperazine rings is 1. The minimum absolute atomic E-state index is 0.0182. The molecule has 1 fully saturated rings. The number of carbonyl (C=O) groups is 1. The maximum absolute atomic E-state index is 10.4. The number of carboxylic acids is 1. The van der Waals surface area contributed by atoms with Gasteiger partial charge in [-0.3, -0.25) is 4.79 Å². The number of hydrogen-bond donors (Lipinski definition) is 1. The zero-order chi connectivity index (χ0) is 12.3. The van der Waals surface area contributed by atoms with Crippen LogP contribution in [0.1, 0.15) is 12.3 Å². The Morgan fingerprint density at radius 1 is 1.41 bits per heavy atom. The molecule has 0 bridgehead atoms. The Balaban J connectivity index is 1.91. The molecule has 0 amide bonds. The molecule has 1 aromatic rings. The summed E-state index contributed by atoms with van der Waals surface area (Å²) in [5.74, 6) is 0.101. The van der Waals surface area contributed by atoms with Gasteiger partial charge in [0.2, 0.25) is 5.89 Å². The highest BCUT2D eigenvalue weighted by Crippen LogP contribution is 2.12. The Morgan fingerprint density at radius 3 is 2.76 bits per heavy atom. The van der Waals surface area contributed by atoms with Crippen molar-refractivity contribution in [3.8, 4) is 0 Å². The first kappa shape index (κ1) is 11.8. The van der Waals surface area contributed by atoms with E-state index in [0.29, 0.717) is 11.8 Å². The van der Waals surface area contributed by atoms with Gasteiger partial charge in [-0.1, -0.05) is 0 Å². The van der Waals surface area contributed by atoms with E-state index in [-0.39, 0.29) is 12.8 Å². The molecule has 0 atom stereocenters. The number of nitrogens with zero attached hydrogens (tertiary/aromatic N) is 4. The number of carboxylic acid groups (broad SMARTS) is 1. The summed E-state index contributed by atoms with van der Waals surface area (Å²) < 4.78 is 5.02. The van der Waals surface area contributed by atoms with Crippen molar-refractivity contribution in [2.24, 2.45) is 0 Å². The SMILES string of the molecule is CN1CCN(c2noc(CCC(=O)O)n2)CC1. The largest absolute Gasteiger partial charge is 0.481 e. The van der Waals surface area contributed by atoms with E-state index in [2.05, 4.69) is 22.1 Å². The predicted molar refractivity (Wildman–Crippen MR) is 60.0 cm³/mol. The number of aromatic nitrogens is 2. The second-order valence-corrected chi connectivity index (χ2v) is 4.17. The third-order valence-corrected chi connectivity index (χ3v) is 2.80. The van der Waals surface area contributed by atoms with Crippen LogP contribution in [0, 0.1) is 0 Å². The number of aryl methyl sites for hydroxylation is 1. The van der Waals surface area contributed by atoms with E-state index in [1.807, 2.05) is 4.90 Å². The molecular formula is C10H16N4O3. The van der Waals surface area contributed by atoms with Crippen molar-refractivity contribution in [2.75, 3.05) is 38.1 Å². The summed E-state index contributed by atoms with van der Waals surface area (Å²) in [5, 5.41) is 12.4.